The Hall–Kier alpha value is -0.910. The third-order valence-electron chi connectivity index (χ3n) is 5.07. The van der Waals surface area contributed by atoms with Crippen molar-refractivity contribution in [3.8, 4) is 0 Å². The van der Waals surface area contributed by atoms with Crippen LogP contribution in [0, 0.1) is 0 Å². The minimum absolute atomic E-state index is 0.464. The average molecular weight is 306 g/mol. The highest BCUT2D eigenvalue weighted by Gasteiger charge is 2.27. The first-order valence-electron chi connectivity index (χ1n) is 8.84. The number of ether oxygens (including phenoxy) is 1. The van der Waals surface area contributed by atoms with Crippen LogP contribution in [0.25, 0.3) is 0 Å². The van der Waals surface area contributed by atoms with E-state index in [4.69, 9.17) is 4.74 Å². The van der Waals surface area contributed by atoms with Crippen LogP contribution < -0.4 is 0 Å². The number of nitrogens with zero attached hydrogens (tertiary/aromatic N) is 4. The number of piperazine rings is 1. The molecule has 1 aromatic heterocycles. The summed E-state index contributed by atoms with van der Waals surface area (Å²) in [6.07, 6.45) is 8.27. The van der Waals surface area contributed by atoms with E-state index in [2.05, 4.69) is 39.4 Å². The maximum absolute atomic E-state index is 5.89. The van der Waals surface area contributed by atoms with Crippen molar-refractivity contribution in [3.05, 3.63) is 18.2 Å². The van der Waals surface area contributed by atoms with Crippen molar-refractivity contribution in [2.24, 2.45) is 0 Å². The maximum atomic E-state index is 5.89. The van der Waals surface area contributed by atoms with E-state index in [-0.39, 0.29) is 0 Å². The van der Waals surface area contributed by atoms with Gasteiger partial charge >= 0.3 is 0 Å². The van der Waals surface area contributed by atoms with Gasteiger partial charge in [-0.1, -0.05) is 0 Å². The summed E-state index contributed by atoms with van der Waals surface area (Å²) in [4.78, 5) is 9.66. The number of aromatic nitrogens is 2. The summed E-state index contributed by atoms with van der Waals surface area (Å²) in [6.45, 7) is 12.0. The Kier molecular flexibility index (Phi) is 5.50. The highest BCUT2D eigenvalue weighted by molar-refractivity contribution is 4.94. The van der Waals surface area contributed by atoms with Crippen molar-refractivity contribution in [1.29, 1.82) is 0 Å². The summed E-state index contributed by atoms with van der Waals surface area (Å²) >= 11 is 0. The topological polar surface area (TPSA) is 33.5 Å². The molecule has 2 saturated heterocycles. The van der Waals surface area contributed by atoms with Crippen LogP contribution in [0.3, 0.4) is 0 Å². The molecule has 0 radical (unpaired) electrons. The monoisotopic (exact) mass is 306 g/mol. The second kappa shape index (κ2) is 7.57. The summed E-state index contributed by atoms with van der Waals surface area (Å²) in [5, 5.41) is 0. The van der Waals surface area contributed by atoms with Gasteiger partial charge in [0.25, 0.3) is 0 Å². The van der Waals surface area contributed by atoms with Gasteiger partial charge in [0.2, 0.25) is 0 Å². The molecule has 2 fully saturated rings. The van der Waals surface area contributed by atoms with E-state index in [1.807, 2.05) is 6.20 Å². The molecule has 5 nitrogen and oxygen atoms in total. The number of hydrogen-bond donors (Lipinski definition) is 0. The summed E-state index contributed by atoms with van der Waals surface area (Å²) < 4.78 is 8.13. The fourth-order valence-electron chi connectivity index (χ4n) is 3.67. The van der Waals surface area contributed by atoms with Gasteiger partial charge in [0.1, 0.15) is 5.82 Å². The van der Waals surface area contributed by atoms with E-state index in [1.165, 1.54) is 25.1 Å². The van der Waals surface area contributed by atoms with Crippen molar-refractivity contribution >= 4 is 0 Å². The number of aryl methyl sites for hydroxylation is 1. The highest BCUT2D eigenvalue weighted by atomic mass is 16.5. The second-order valence-electron chi connectivity index (χ2n) is 6.70. The lowest BCUT2D eigenvalue weighted by atomic mass is 10.1. The van der Waals surface area contributed by atoms with Crippen LogP contribution in [0.2, 0.25) is 0 Å². The van der Waals surface area contributed by atoms with Crippen LogP contribution in [0.15, 0.2) is 12.4 Å². The molecule has 3 rings (SSSR count). The Morgan fingerprint density at radius 2 is 2.23 bits per heavy atom. The predicted octanol–water partition coefficient (Wildman–Crippen LogP) is 1.98. The first-order chi connectivity index (χ1) is 10.8. The summed E-state index contributed by atoms with van der Waals surface area (Å²) in [5.41, 5.74) is 0. The van der Waals surface area contributed by atoms with Gasteiger partial charge < -0.3 is 9.30 Å². The van der Waals surface area contributed by atoms with Crippen LogP contribution in [-0.4, -0.2) is 64.3 Å². The standard InChI is InChI=1S/C17H30N4O/c1-3-20-8-7-18-17(20)14-21-10-9-19(12-15(21)2)13-16-6-4-5-11-22-16/h7-8,15-16H,3-6,9-14H2,1-2H3/t15-,16-/m0/s1. The normalized spacial score (nSPS) is 28.1. The first kappa shape index (κ1) is 16.0. The van der Waals surface area contributed by atoms with Crippen molar-refractivity contribution in [2.45, 2.75) is 58.3 Å². The Bertz CT molecular complexity index is 455. The zero-order chi connectivity index (χ0) is 15.4. The molecule has 124 valence electrons. The number of hydrogen-bond acceptors (Lipinski definition) is 4. The van der Waals surface area contributed by atoms with Crippen LogP contribution in [0.1, 0.15) is 38.9 Å². The number of rotatable bonds is 5. The van der Waals surface area contributed by atoms with Crippen molar-refractivity contribution in [3.63, 3.8) is 0 Å². The number of imidazole rings is 1. The van der Waals surface area contributed by atoms with Gasteiger partial charge in [-0.2, -0.15) is 0 Å². The Labute approximate surface area is 134 Å². The maximum Gasteiger partial charge on any atom is 0.122 e. The fourth-order valence-corrected chi connectivity index (χ4v) is 3.67. The van der Waals surface area contributed by atoms with E-state index < -0.39 is 0 Å². The van der Waals surface area contributed by atoms with Crippen LogP contribution in [-0.2, 0) is 17.8 Å². The lowest BCUT2D eigenvalue weighted by Crippen LogP contribution is -2.53. The third kappa shape index (κ3) is 3.89. The third-order valence-corrected chi connectivity index (χ3v) is 5.07. The molecule has 0 unspecified atom stereocenters. The molecule has 0 bridgehead atoms. The van der Waals surface area contributed by atoms with E-state index in [0.29, 0.717) is 12.1 Å². The smallest absolute Gasteiger partial charge is 0.122 e. The Morgan fingerprint density at radius 1 is 1.32 bits per heavy atom. The minimum atomic E-state index is 0.464. The average Bonchev–Trinajstić information content (AvgIpc) is 2.98. The van der Waals surface area contributed by atoms with Crippen LogP contribution in [0.4, 0.5) is 0 Å². The van der Waals surface area contributed by atoms with Crippen LogP contribution in [0.5, 0.6) is 0 Å². The van der Waals surface area contributed by atoms with Gasteiger partial charge in [0.05, 0.1) is 12.6 Å². The molecule has 0 aromatic carbocycles. The van der Waals surface area contributed by atoms with Crippen molar-refractivity contribution in [1.82, 2.24) is 19.4 Å². The molecule has 0 aliphatic carbocycles. The molecule has 5 heteroatoms. The molecular weight excluding hydrogens is 276 g/mol. The van der Waals surface area contributed by atoms with Crippen LogP contribution >= 0.6 is 0 Å². The Balaban J connectivity index is 1.49. The molecule has 3 heterocycles. The van der Waals surface area contributed by atoms with E-state index in [9.17, 15) is 0 Å². The van der Waals surface area contributed by atoms with Crippen molar-refractivity contribution < 1.29 is 4.74 Å². The fraction of sp³-hybridized carbons (Fsp3) is 0.824. The molecular formula is C17H30N4O. The Morgan fingerprint density at radius 3 is 2.95 bits per heavy atom. The molecule has 1 aromatic rings. The zero-order valence-corrected chi connectivity index (χ0v) is 14.1. The van der Waals surface area contributed by atoms with Gasteiger partial charge in [0, 0.05) is 57.8 Å². The SMILES string of the molecule is CCn1ccnc1CN1CCN(C[C@@H]2CCCCO2)C[C@@H]1C. The lowest BCUT2D eigenvalue weighted by Gasteiger charge is -2.41. The quantitative estimate of drug-likeness (QED) is 0.833. The van der Waals surface area contributed by atoms with Gasteiger partial charge in [-0.3, -0.25) is 9.80 Å². The molecule has 0 saturated carbocycles. The summed E-state index contributed by atoms with van der Waals surface area (Å²) in [6, 6.07) is 0.583. The van der Waals surface area contributed by atoms with Gasteiger partial charge in [-0.15, -0.1) is 0 Å². The van der Waals surface area contributed by atoms with Gasteiger partial charge in [-0.25, -0.2) is 4.98 Å². The minimum Gasteiger partial charge on any atom is -0.377 e. The second-order valence-corrected chi connectivity index (χ2v) is 6.70. The molecule has 0 N–H and O–H groups in total. The molecule has 0 spiro atoms. The van der Waals surface area contributed by atoms with Gasteiger partial charge in [-0.05, 0) is 33.1 Å². The highest BCUT2D eigenvalue weighted by Crippen LogP contribution is 2.17. The lowest BCUT2D eigenvalue weighted by molar-refractivity contribution is -0.0222. The first-order valence-corrected chi connectivity index (χ1v) is 8.84. The van der Waals surface area contributed by atoms with Crippen molar-refractivity contribution in [2.75, 3.05) is 32.8 Å². The zero-order valence-electron chi connectivity index (χ0n) is 14.1. The van der Waals surface area contributed by atoms with E-state index in [1.54, 1.807) is 0 Å². The molecule has 2 atom stereocenters. The predicted molar refractivity (Wildman–Crippen MR) is 87.8 cm³/mol. The molecule has 0 amide bonds. The summed E-state index contributed by atoms with van der Waals surface area (Å²) in [5.74, 6) is 1.19. The van der Waals surface area contributed by atoms with E-state index >= 15 is 0 Å². The van der Waals surface area contributed by atoms with Gasteiger partial charge in [0.15, 0.2) is 0 Å². The molecule has 2 aliphatic rings. The molecule has 22 heavy (non-hydrogen) atoms. The van der Waals surface area contributed by atoms with E-state index in [0.717, 1.165) is 45.9 Å². The largest absolute Gasteiger partial charge is 0.377 e. The molecule has 2 aliphatic heterocycles. The summed E-state index contributed by atoms with van der Waals surface area (Å²) in [7, 11) is 0.